The lowest BCUT2D eigenvalue weighted by Gasteiger charge is -2.27. The Morgan fingerprint density at radius 2 is 1.83 bits per heavy atom. The quantitative estimate of drug-likeness (QED) is 0.419. The fourth-order valence-corrected chi connectivity index (χ4v) is 3.67. The molecule has 0 bridgehead atoms. The van der Waals surface area contributed by atoms with Crippen molar-refractivity contribution in [3.05, 3.63) is 35.4 Å². The second-order valence-electron chi connectivity index (χ2n) is 6.57. The highest BCUT2D eigenvalue weighted by Gasteiger charge is 2.28. The van der Waals surface area contributed by atoms with Crippen molar-refractivity contribution in [1.82, 2.24) is 0 Å². The monoisotopic (exact) mass is 338 g/mol. The Morgan fingerprint density at radius 1 is 1.13 bits per heavy atom. The van der Waals surface area contributed by atoms with Gasteiger partial charge in [-0.15, -0.1) is 3.89 Å². The van der Waals surface area contributed by atoms with Crippen molar-refractivity contribution in [3.63, 3.8) is 0 Å². The van der Waals surface area contributed by atoms with Crippen LogP contribution >= 0.6 is 12.4 Å². The standard InChI is InChI=1S/C19H27FO2S/c1-2-3-4-5-6-15-7-9-16(10-8-15)17-11-13-18(14-12-17)19(21)22-23-20/h7-10,17-18H,2-6,11-14H2,1H3. The maximum absolute atomic E-state index is 12.0. The number of carbonyl (C=O) groups excluding carboxylic acids is 1. The van der Waals surface area contributed by atoms with E-state index in [2.05, 4.69) is 35.4 Å². The molecule has 0 aromatic heterocycles. The van der Waals surface area contributed by atoms with Crippen LogP contribution in [0.4, 0.5) is 3.89 Å². The molecule has 0 radical (unpaired) electrons. The van der Waals surface area contributed by atoms with Crippen LogP contribution in [-0.4, -0.2) is 5.97 Å². The van der Waals surface area contributed by atoms with Crippen LogP contribution in [0.25, 0.3) is 0 Å². The molecular formula is C19H27FO2S. The molecule has 0 spiro atoms. The van der Waals surface area contributed by atoms with Crippen LogP contribution in [-0.2, 0) is 15.4 Å². The van der Waals surface area contributed by atoms with E-state index in [0.29, 0.717) is 5.92 Å². The molecule has 0 N–H and O–H groups in total. The number of aryl methyl sites for hydroxylation is 1. The zero-order chi connectivity index (χ0) is 16.5. The summed E-state index contributed by atoms with van der Waals surface area (Å²) in [6.07, 6.45) is 9.90. The lowest BCUT2D eigenvalue weighted by molar-refractivity contribution is -0.138. The number of halogens is 1. The maximum atomic E-state index is 12.0. The minimum Gasteiger partial charge on any atom is -0.360 e. The van der Waals surface area contributed by atoms with Crippen molar-refractivity contribution in [2.45, 2.75) is 70.6 Å². The number of hydrogen-bond donors (Lipinski definition) is 0. The molecule has 0 heterocycles. The molecule has 1 aliphatic carbocycles. The largest absolute Gasteiger partial charge is 0.360 e. The maximum Gasteiger partial charge on any atom is 0.323 e. The first-order chi connectivity index (χ1) is 11.2. The van der Waals surface area contributed by atoms with Gasteiger partial charge in [-0.1, -0.05) is 50.5 Å². The predicted molar refractivity (Wildman–Crippen MR) is 93.8 cm³/mol. The number of rotatable bonds is 8. The first-order valence-corrected chi connectivity index (χ1v) is 9.46. The lowest BCUT2D eigenvalue weighted by Crippen LogP contribution is -2.21. The van der Waals surface area contributed by atoms with Crippen LogP contribution < -0.4 is 0 Å². The predicted octanol–water partition coefficient (Wildman–Crippen LogP) is 6.16. The van der Waals surface area contributed by atoms with E-state index >= 15 is 0 Å². The third-order valence-corrected chi connectivity index (χ3v) is 5.17. The van der Waals surface area contributed by atoms with Gasteiger partial charge in [-0.25, -0.2) is 0 Å². The van der Waals surface area contributed by atoms with Gasteiger partial charge in [-0.05, 0) is 55.6 Å². The molecular weight excluding hydrogens is 311 g/mol. The Hall–Kier alpha value is -1.03. The Kier molecular flexibility index (Phi) is 7.93. The minimum atomic E-state index is -0.404. The van der Waals surface area contributed by atoms with E-state index in [1.54, 1.807) is 0 Å². The fraction of sp³-hybridized carbons (Fsp3) is 0.632. The Labute approximate surface area is 143 Å². The van der Waals surface area contributed by atoms with Gasteiger partial charge in [0.15, 0.2) is 0 Å². The molecule has 1 aromatic carbocycles. The number of benzene rings is 1. The van der Waals surface area contributed by atoms with Gasteiger partial charge in [0, 0.05) is 0 Å². The van der Waals surface area contributed by atoms with Crippen LogP contribution in [0.3, 0.4) is 0 Å². The van der Waals surface area contributed by atoms with E-state index < -0.39 is 5.97 Å². The smallest absolute Gasteiger partial charge is 0.323 e. The second-order valence-corrected chi connectivity index (χ2v) is 6.86. The Balaban J connectivity index is 1.78. The molecule has 1 aliphatic rings. The SMILES string of the molecule is CCCCCCc1ccc(C2CCC(C(=O)OSF)CC2)cc1. The van der Waals surface area contributed by atoms with E-state index in [-0.39, 0.29) is 18.3 Å². The molecule has 0 amide bonds. The van der Waals surface area contributed by atoms with Gasteiger partial charge in [0.2, 0.25) is 0 Å². The van der Waals surface area contributed by atoms with Gasteiger partial charge in [0.25, 0.3) is 12.4 Å². The molecule has 1 saturated carbocycles. The van der Waals surface area contributed by atoms with E-state index in [9.17, 15) is 8.68 Å². The molecule has 0 atom stereocenters. The molecule has 0 aliphatic heterocycles. The van der Waals surface area contributed by atoms with E-state index in [0.717, 1.165) is 25.7 Å². The highest BCUT2D eigenvalue weighted by Crippen LogP contribution is 2.36. The van der Waals surface area contributed by atoms with Crippen LogP contribution in [0, 0.1) is 5.92 Å². The molecule has 23 heavy (non-hydrogen) atoms. The summed E-state index contributed by atoms with van der Waals surface area (Å²) < 4.78 is 16.4. The zero-order valence-electron chi connectivity index (χ0n) is 13.9. The highest BCUT2D eigenvalue weighted by molar-refractivity contribution is 7.89. The summed E-state index contributed by atoms with van der Waals surface area (Å²) in [6.45, 7) is 2.24. The van der Waals surface area contributed by atoms with Gasteiger partial charge < -0.3 is 4.18 Å². The van der Waals surface area contributed by atoms with Crippen molar-refractivity contribution in [3.8, 4) is 0 Å². The van der Waals surface area contributed by atoms with Gasteiger partial charge in [-0.3, -0.25) is 4.79 Å². The molecule has 0 unspecified atom stereocenters. The molecule has 4 heteroatoms. The summed E-state index contributed by atoms with van der Waals surface area (Å²) in [5.41, 5.74) is 2.79. The average molecular weight is 338 g/mol. The second kappa shape index (κ2) is 9.96. The van der Waals surface area contributed by atoms with Crippen molar-refractivity contribution < 1.29 is 12.9 Å². The van der Waals surface area contributed by atoms with E-state index in [1.807, 2.05) is 0 Å². The van der Waals surface area contributed by atoms with Crippen molar-refractivity contribution >= 4 is 18.4 Å². The molecule has 1 fully saturated rings. The zero-order valence-corrected chi connectivity index (χ0v) is 14.7. The average Bonchev–Trinajstić information content (AvgIpc) is 2.60. The summed E-state index contributed by atoms with van der Waals surface area (Å²) in [4.78, 5) is 11.5. The van der Waals surface area contributed by atoms with E-state index in [1.165, 1.54) is 43.2 Å². The third-order valence-electron chi connectivity index (χ3n) is 4.94. The molecule has 0 saturated heterocycles. The normalized spacial score (nSPS) is 21.1. The summed E-state index contributed by atoms with van der Waals surface area (Å²) in [7, 11) is 0. The summed E-state index contributed by atoms with van der Waals surface area (Å²) in [6, 6.07) is 8.99. The van der Waals surface area contributed by atoms with E-state index in [4.69, 9.17) is 0 Å². The van der Waals surface area contributed by atoms with Crippen LogP contribution in [0.2, 0.25) is 0 Å². The first kappa shape index (κ1) is 18.3. The number of carbonyl (C=O) groups is 1. The van der Waals surface area contributed by atoms with Gasteiger partial charge >= 0.3 is 5.97 Å². The number of hydrogen-bond acceptors (Lipinski definition) is 3. The Morgan fingerprint density at radius 3 is 2.43 bits per heavy atom. The topological polar surface area (TPSA) is 26.3 Å². The summed E-state index contributed by atoms with van der Waals surface area (Å²) in [5, 5.41) is 0. The van der Waals surface area contributed by atoms with Gasteiger partial charge in [0.1, 0.15) is 0 Å². The van der Waals surface area contributed by atoms with Crippen LogP contribution in [0.5, 0.6) is 0 Å². The molecule has 1 aromatic rings. The third kappa shape index (κ3) is 5.83. The van der Waals surface area contributed by atoms with Gasteiger partial charge in [0.05, 0.1) is 5.92 Å². The van der Waals surface area contributed by atoms with Crippen LogP contribution in [0.15, 0.2) is 24.3 Å². The van der Waals surface area contributed by atoms with Crippen molar-refractivity contribution in [2.75, 3.05) is 0 Å². The summed E-state index contributed by atoms with van der Waals surface area (Å²) in [5.74, 6) is -0.0167. The number of unbranched alkanes of at least 4 members (excludes halogenated alkanes) is 3. The summed E-state index contributed by atoms with van der Waals surface area (Å²) >= 11 is -0.338. The van der Waals surface area contributed by atoms with Gasteiger partial charge in [-0.2, -0.15) is 0 Å². The molecule has 2 nitrogen and oxygen atoms in total. The van der Waals surface area contributed by atoms with Crippen molar-refractivity contribution in [1.29, 1.82) is 0 Å². The molecule has 2 rings (SSSR count). The van der Waals surface area contributed by atoms with Crippen molar-refractivity contribution in [2.24, 2.45) is 5.92 Å². The first-order valence-electron chi connectivity index (χ1n) is 8.82. The highest BCUT2D eigenvalue weighted by atomic mass is 32.2. The van der Waals surface area contributed by atoms with Crippen LogP contribution in [0.1, 0.15) is 75.3 Å². The lowest BCUT2D eigenvalue weighted by atomic mass is 9.78. The fourth-order valence-electron chi connectivity index (χ4n) is 3.47. The molecule has 128 valence electrons. The minimum absolute atomic E-state index is 0.132. The Bertz CT molecular complexity index is 467.